The van der Waals surface area contributed by atoms with Crippen LogP contribution in [0.5, 0.6) is 0 Å². The lowest BCUT2D eigenvalue weighted by molar-refractivity contribution is -0.385. The monoisotopic (exact) mass is 266 g/mol. The van der Waals surface area contributed by atoms with E-state index < -0.39 is 4.92 Å². The van der Waals surface area contributed by atoms with Crippen LogP contribution in [0.4, 0.5) is 11.4 Å². The minimum atomic E-state index is -0.472. The lowest BCUT2D eigenvalue weighted by Gasteiger charge is -2.37. The van der Waals surface area contributed by atoms with Crippen molar-refractivity contribution >= 4 is 11.4 Å². The van der Waals surface area contributed by atoms with Gasteiger partial charge in [0.2, 0.25) is 0 Å². The number of hydrogen-bond acceptors (Lipinski definition) is 5. The van der Waals surface area contributed by atoms with Gasteiger partial charge >= 0.3 is 0 Å². The molecule has 0 aliphatic carbocycles. The molecular formula is C13H18N2O4. The first kappa shape index (κ1) is 13.8. The predicted octanol–water partition coefficient (Wildman–Crippen LogP) is 1.70. The highest BCUT2D eigenvalue weighted by molar-refractivity contribution is 5.56. The fourth-order valence-electron chi connectivity index (χ4n) is 2.46. The summed E-state index contributed by atoms with van der Waals surface area (Å²) in [5.41, 5.74) is 1.19. The normalized spacial score (nSPS) is 23.4. The lowest BCUT2D eigenvalue weighted by Crippen LogP contribution is -2.45. The molecule has 1 aromatic carbocycles. The van der Waals surface area contributed by atoms with E-state index in [1.165, 1.54) is 6.07 Å². The summed E-state index contributed by atoms with van der Waals surface area (Å²) in [7, 11) is 0. The molecule has 6 nitrogen and oxygen atoms in total. The van der Waals surface area contributed by atoms with E-state index >= 15 is 0 Å². The molecule has 19 heavy (non-hydrogen) atoms. The van der Waals surface area contributed by atoms with Crippen LogP contribution in [-0.4, -0.2) is 35.3 Å². The van der Waals surface area contributed by atoms with E-state index in [4.69, 9.17) is 4.74 Å². The average Bonchev–Trinajstić information content (AvgIpc) is 2.36. The lowest BCUT2D eigenvalue weighted by atomic mass is 10.1. The molecule has 1 fully saturated rings. The fourth-order valence-corrected chi connectivity index (χ4v) is 2.46. The second kappa shape index (κ2) is 5.54. The van der Waals surface area contributed by atoms with Gasteiger partial charge in [0.25, 0.3) is 5.69 Å². The van der Waals surface area contributed by atoms with Crippen molar-refractivity contribution in [1.82, 2.24) is 0 Å². The van der Waals surface area contributed by atoms with Crippen LogP contribution in [0.15, 0.2) is 18.2 Å². The van der Waals surface area contributed by atoms with Gasteiger partial charge in [0.1, 0.15) is 0 Å². The highest BCUT2D eigenvalue weighted by Gasteiger charge is 2.23. The van der Waals surface area contributed by atoms with E-state index in [0.29, 0.717) is 5.56 Å². The second-order valence-electron chi connectivity index (χ2n) is 4.89. The van der Waals surface area contributed by atoms with E-state index in [1.54, 1.807) is 12.1 Å². The molecule has 1 N–H and O–H groups in total. The average molecular weight is 266 g/mol. The molecule has 2 atom stereocenters. The summed E-state index contributed by atoms with van der Waals surface area (Å²) in [6, 6.07) is 4.86. The van der Waals surface area contributed by atoms with E-state index in [2.05, 4.69) is 4.90 Å². The quantitative estimate of drug-likeness (QED) is 0.665. The number of ether oxygens (including phenoxy) is 1. The van der Waals surface area contributed by atoms with Crippen molar-refractivity contribution in [2.75, 3.05) is 18.0 Å². The van der Waals surface area contributed by atoms with Crippen molar-refractivity contribution < 1.29 is 14.8 Å². The van der Waals surface area contributed by atoms with E-state index in [0.717, 1.165) is 18.8 Å². The molecule has 1 saturated heterocycles. The zero-order chi connectivity index (χ0) is 14.0. The van der Waals surface area contributed by atoms with Crippen molar-refractivity contribution in [3.63, 3.8) is 0 Å². The summed E-state index contributed by atoms with van der Waals surface area (Å²) in [6.07, 6.45) is 0.244. The Morgan fingerprint density at radius 2 is 2.05 bits per heavy atom. The Hall–Kier alpha value is -1.66. The Morgan fingerprint density at radius 3 is 2.58 bits per heavy atom. The molecule has 0 saturated carbocycles. The maximum atomic E-state index is 10.8. The van der Waals surface area contributed by atoms with E-state index in [-0.39, 0.29) is 24.5 Å². The minimum Gasteiger partial charge on any atom is -0.391 e. The number of rotatable bonds is 3. The molecule has 0 amide bonds. The van der Waals surface area contributed by atoms with Gasteiger partial charge in [0.05, 0.1) is 29.3 Å². The summed E-state index contributed by atoms with van der Waals surface area (Å²) in [4.78, 5) is 12.5. The van der Waals surface area contributed by atoms with Gasteiger partial charge in [-0.05, 0) is 26.0 Å². The largest absolute Gasteiger partial charge is 0.391 e. The molecule has 104 valence electrons. The van der Waals surface area contributed by atoms with E-state index in [9.17, 15) is 15.2 Å². The van der Waals surface area contributed by atoms with Crippen molar-refractivity contribution in [3.05, 3.63) is 33.9 Å². The Kier molecular flexibility index (Phi) is 4.01. The van der Waals surface area contributed by atoms with Gasteiger partial charge in [-0.3, -0.25) is 10.1 Å². The molecule has 0 unspecified atom stereocenters. The maximum absolute atomic E-state index is 10.8. The molecule has 0 bridgehead atoms. The van der Waals surface area contributed by atoms with Crippen LogP contribution < -0.4 is 4.90 Å². The van der Waals surface area contributed by atoms with Gasteiger partial charge in [-0.15, -0.1) is 0 Å². The van der Waals surface area contributed by atoms with Crippen molar-refractivity contribution in [3.8, 4) is 0 Å². The molecule has 1 heterocycles. The Bertz CT molecular complexity index is 468. The molecule has 2 rings (SSSR count). The number of nitrogens with zero attached hydrogens (tertiary/aromatic N) is 2. The third-order valence-corrected chi connectivity index (χ3v) is 3.21. The summed E-state index contributed by atoms with van der Waals surface area (Å²) < 4.78 is 5.66. The number of hydrogen-bond donors (Lipinski definition) is 1. The Morgan fingerprint density at radius 1 is 1.42 bits per heavy atom. The van der Waals surface area contributed by atoms with E-state index in [1.807, 2.05) is 13.8 Å². The number of nitro groups is 1. The van der Waals surface area contributed by atoms with Gasteiger partial charge in [-0.2, -0.15) is 0 Å². The van der Waals surface area contributed by atoms with Gasteiger partial charge in [0, 0.05) is 24.8 Å². The summed E-state index contributed by atoms with van der Waals surface area (Å²) in [5.74, 6) is 0. The second-order valence-corrected chi connectivity index (χ2v) is 4.89. The van der Waals surface area contributed by atoms with Crippen molar-refractivity contribution in [2.45, 2.75) is 32.7 Å². The van der Waals surface area contributed by atoms with Crippen LogP contribution in [0, 0.1) is 10.1 Å². The summed E-state index contributed by atoms with van der Waals surface area (Å²) in [5, 5.41) is 20.1. The first-order valence-corrected chi connectivity index (χ1v) is 6.30. The maximum Gasteiger partial charge on any atom is 0.275 e. The van der Waals surface area contributed by atoms with Gasteiger partial charge in [0.15, 0.2) is 0 Å². The number of benzene rings is 1. The zero-order valence-electron chi connectivity index (χ0n) is 11.1. The topological polar surface area (TPSA) is 75.8 Å². The summed E-state index contributed by atoms with van der Waals surface area (Å²) >= 11 is 0. The van der Waals surface area contributed by atoms with Crippen LogP contribution in [0.3, 0.4) is 0 Å². The third-order valence-electron chi connectivity index (χ3n) is 3.21. The molecule has 1 aromatic rings. The summed E-state index contributed by atoms with van der Waals surface area (Å²) in [6.45, 7) is 5.15. The molecule has 1 aliphatic rings. The number of morpholine rings is 1. The standard InChI is InChI=1S/C13H18N2O4/c1-9-6-14(7-10(2)19-9)12-3-4-13(15(17)18)11(5-12)8-16/h3-5,9-10,16H,6-8H2,1-2H3/t9-,10+. The van der Waals surface area contributed by atoms with Crippen LogP contribution in [-0.2, 0) is 11.3 Å². The number of anilines is 1. The van der Waals surface area contributed by atoms with Gasteiger partial charge < -0.3 is 14.7 Å². The number of aliphatic hydroxyl groups is 1. The van der Waals surface area contributed by atoms with Crippen LogP contribution in [0.25, 0.3) is 0 Å². The minimum absolute atomic E-state index is 0.0411. The highest BCUT2D eigenvalue weighted by atomic mass is 16.6. The Balaban J connectivity index is 2.27. The predicted molar refractivity (Wildman–Crippen MR) is 71.2 cm³/mol. The molecule has 0 radical (unpaired) electrons. The van der Waals surface area contributed by atoms with Crippen LogP contribution in [0.2, 0.25) is 0 Å². The third kappa shape index (κ3) is 3.02. The van der Waals surface area contributed by atoms with Gasteiger partial charge in [-0.25, -0.2) is 0 Å². The highest BCUT2D eigenvalue weighted by Crippen LogP contribution is 2.27. The Labute approximate surface area is 111 Å². The number of aliphatic hydroxyl groups excluding tert-OH is 1. The first-order valence-electron chi connectivity index (χ1n) is 6.30. The van der Waals surface area contributed by atoms with Crippen LogP contribution >= 0.6 is 0 Å². The molecule has 0 spiro atoms. The fraction of sp³-hybridized carbons (Fsp3) is 0.538. The zero-order valence-corrected chi connectivity index (χ0v) is 11.1. The SMILES string of the molecule is C[C@@H]1CN(c2ccc([N+](=O)[O-])c(CO)c2)C[C@H](C)O1. The molecular weight excluding hydrogens is 248 g/mol. The van der Waals surface area contributed by atoms with Crippen molar-refractivity contribution in [1.29, 1.82) is 0 Å². The number of nitro benzene ring substituents is 1. The molecule has 6 heteroatoms. The first-order chi connectivity index (χ1) is 9.01. The van der Waals surface area contributed by atoms with Gasteiger partial charge in [-0.1, -0.05) is 0 Å². The van der Waals surface area contributed by atoms with Crippen LogP contribution in [0.1, 0.15) is 19.4 Å². The molecule has 1 aliphatic heterocycles. The smallest absolute Gasteiger partial charge is 0.275 e. The molecule has 0 aromatic heterocycles. The van der Waals surface area contributed by atoms with Crippen molar-refractivity contribution in [2.24, 2.45) is 0 Å².